The van der Waals surface area contributed by atoms with Gasteiger partial charge in [-0.15, -0.1) is 0 Å². The number of rotatable bonds is 7. The number of carbonyl (C=O) groups is 1. The van der Waals surface area contributed by atoms with Crippen LogP contribution in [0.3, 0.4) is 0 Å². The molecule has 29 heavy (non-hydrogen) atoms. The van der Waals surface area contributed by atoms with Crippen molar-refractivity contribution in [2.75, 3.05) is 18.5 Å². The van der Waals surface area contributed by atoms with Gasteiger partial charge in [-0.25, -0.2) is 13.1 Å². The summed E-state index contributed by atoms with van der Waals surface area (Å²) >= 11 is 0. The van der Waals surface area contributed by atoms with Crippen LogP contribution in [0.1, 0.15) is 28.8 Å². The number of nitro benzene ring substituents is 1. The average Bonchev–Trinajstić information content (AvgIpc) is 3.22. The number of hydrogen-bond acceptors (Lipinski definition) is 6. The van der Waals surface area contributed by atoms with Crippen molar-refractivity contribution in [1.82, 2.24) is 4.72 Å². The Morgan fingerprint density at radius 1 is 1.24 bits per heavy atom. The molecule has 1 heterocycles. The van der Waals surface area contributed by atoms with Gasteiger partial charge in [0.15, 0.2) is 0 Å². The molecule has 10 heteroatoms. The van der Waals surface area contributed by atoms with Gasteiger partial charge < -0.3 is 10.1 Å². The molecule has 0 radical (unpaired) electrons. The van der Waals surface area contributed by atoms with Crippen LogP contribution in [0, 0.1) is 17.0 Å². The molecule has 3 rings (SSSR count). The van der Waals surface area contributed by atoms with Crippen LogP contribution in [0.2, 0.25) is 0 Å². The number of hydrogen-bond donors (Lipinski definition) is 2. The zero-order valence-corrected chi connectivity index (χ0v) is 16.6. The largest absolute Gasteiger partial charge is 0.377 e. The summed E-state index contributed by atoms with van der Waals surface area (Å²) in [5.74, 6) is -0.495. The summed E-state index contributed by atoms with van der Waals surface area (Å²) in [7, 11) is -3.71. The highest BCUT2D eigenvalue weighted by atomic mass is 32.2. The predicted octanol–water partition coefficient (Wildman–Crippen LogP) is 2.61. The van der Waals surface area contributed by atoms with Crippen LogP contribution in [0.4, 0.5) is 11.4 Å². The first-order chi connectivity index (χ1) is 13.8. The Bertz CT molecular complexity index is 1010. The van der Waals surface area contributed by atoms with E-state index in [9.17, 15) is 23.3 Å². The van der Waals surface area contributed by atoms with Crippen LogP contribution in [0.25, 0.3) is 0 Å². The summed E-state index contributed by atoms with van der Waals surface area (Å²) in [5, 5.41) is 13.6. The molecule has 1 fully saturated rings. The average molecular weight is 419 g/mol. The van der Waals surface area contributed by atoms with Crippen LogP contribution in [0.5, 0.6) is 0 Å². The van der Waals surface area contributed by atoms with Crippen LogP contribution >= 0.6 is 0 Å². The van der Waals surface area contributed by atoms with Gasteiger partial charge in [0.2, 0.25) is 10.0 Å². The molecule has 1 amide bonds. The molecule has 0 spiro atoms. The molecule has 1 atom stereocenters. The van der Waals surface area contributed by atoms with Crippen LogP contribution in [0.15, 0.2) is 47.4 Å². The Morgan fingerprint density at radius 2 is 1.97 bits per heavy atom. The maximum absolute atomic E-state index is 12.4. The minimum atomic E-state index is -3.71. The molecular formula is C19H21N3O6S. The van der Waals surface area contributed by atoms with Gasteiger partial charge in [-0.05, 0) is 50.1 Å². The third-order valence-electron chi connectivity index (χ3n) is 4.70. The summed E-state index contributed by atoms with van der Waals surface area (Å²) in [6.07, 6.45) is 1.62. The highest BCUT2D eigenvalue weighted by Crippen LogP contribution is 2.25. The van der Waals surface area contributed by atoms with Crippen molar-refractivity contribution in [2.24, 2.45) is 0 Å². The van der Waals surface area contributed by atoms with E-state index in [4.69, 9.17) is 4.74 Å². The van der Waals surface area contributed by atoms with Gasteiger partial charge in [-0.2, -0.15) is 0 Å². The van der Waals surface area contributed by atoms with E-state index in [0.717, 1.165) is 12.8 Å². The monoisotopic (exact) mass is 419 g/mol. The topological polar surface area (TPSA) is 128 Å². The van der Waals surface area contributed by atoms with Gasteiger partial charge in [0.25, 0.3) is 11.6 Å². The summed E-state index contributed by atoms with van der Waals surface area (Å²) in [6, 6.07) is 9.86. The Hall–Kier alpha value is -2.82. The normalized spacial score (nSPS) is 16.5. The first-order valence-corrected chi connectivity index (χ1v) is 10.5. The second-order valence-electron chi connectivity index (χ2n) is 6.67. The van der Waals surface area contributed by atoms with Crippen molar-refractivity contribution in [3.05, 3.63) is 63.7 Å². The van der Waals surface area contributed by atoms with Crippen molar-refractivity contribution < 1.29 is 22.9 Å². The van der Waals surface area contributed by atoms with Crippen molar-refractivity contribution in [1.29, 1.82) is 0 Å². The molecule has 1 aliphatic rings. The standard InChI is InChI=1S/C19H21N3O6S/c1-13-17(5-2-6-18(13)22(24)25)21-19(23)14-7-9-16(10-8-14)29(26,27)20-12-15-4-3-11-28-15/h2,5-10,15,20H,3-4,11-12H2,1H3,(H,21,23)/t15-/m0/s1. The SMILES string of the molecule is Cc1c(NC(=O)c2ccc(S(=O)(=O)NC[C@@H]3CCCO3)cc2)cccc1[N+](=O)[O-]. The predicted molar refractivity (Wildman–Crippen MR) is 106 cm³/mol. The quantitative estimate of drug-likeness (QED) is 0.524. The molecule has 0 unspecified atom stereocenters. The van der Waals surface area contributed by atoms with Crippen LogP contribution in [-0.4, -0.2) is 38.5 Å². The van der Waals surface area contributed by atoms with E-state index in [1.165, 1.54) is 36.4 Å². The van der Waals surface area contributed by atoms with Gasteiger partial charge in [0.1, 0.15) is 0 Å². The molecule has 0 aliphatic carbocycles. The number of benzene rings is 2. The highest BCUT2D eigenvalue weighted by Gasteiger charge is 2.21. The molecule has 1 saturated heterocycles. The molecule has 0 bridgehead atoms. The Morgan fingerprint density at radius 3 is 2.59 bits per heavy atom. The maximum Gasteiger partial charge on any atom is 0.274 e. The fraction of sp³-hybridized carbons (Fsp3) is 0.316. The number of nitrogens with one attached hydrogen (secondary N) is 2. The summed E-state index contributed by atoms with van der Waals surface area (Å²) < 4.78 is 32.7. The van der Waals surface area contributed by atoms with Gasteiger partial charge >= 0.3 is 0 Å². The van der Waals surface area contributed by atoms with E-state index >= 15 is 0 Å². The van der Waals surface area contributed by atoms with Crippen LogP contribution in [-0.2, 0) is 14.8 Å². The first kappa shape index (κ1) is 20.9. The highest BCUT2D eigenvalue weighted by molar-refractivity contribution is 7.89. The third kappa shape index (κ3) is 4.97. The van der Waals surface area contributed by atoms with Crippen molar-refractivity contribution in [2.45, 2.75) is 30.8 Å². The number of sulfonamides is 1. The second kappa shape index (κ2) is 8.68. The fourth-order valence-corrected chi connectivity index (χ4v) is 4.09. The summed E-state index contributed by atoms with van der Waals surface area (Å²) in [5.41, 5.74) is 0.790. The molecular weight excluding hydrogens is 398 g/mol. The lowest BCUT2D eigenvalue weighted by molar-refractivity contribution is -0.385. The molecule has 2 N–H and O–H groups in total. The molecule has 1 aliphatic heterocycles. The Kier molecular flexibility index (Phi) is 6.26. The van der Waals surface area contributed by atoms with E-state index in [-0.39, 0.29) is 28.8 Å². The fourth-order valence-electron chi connectivity index (χ4n) is 3.03. The zero-order valence-electron chi connectivity index (χ0n) is 15.8. The molecule has 2 aromatic rings. The van der Waals surface area contributed by atoms with Gasteiger partial charge in [-0.3, -0.25) is 14.9 Å². The lowest BCUT2D eigenvalue weighted by Gasteiger charge is -2.12. The smallest absolute Gasteiger partial charge is 0.274 e. The van der Waals surface area contributed by atoms with E-state index < -0.39 is 20.9 Å². The Balaban J connectivity index is 1.69. The van der Waals surface area contributed by atoms with E-state index in [2.05, 4.69) is 10.0 Å². The number of carbonyl (C=O) groups excluding carboxylic acids is 1. The van der Waals surface area contributed by atoms with E-state index in [1.807, 2.05) is 0 Å². The van der Waals surface area contributed by atoms with Gasteiger partial charge in [0.05, 0.1) is 27.2 Å². The number of nitrogens with zero attached hydrogens (tertiary/aromatic N) is 1. The Labute approximate surface area is 168 Å². The first-order valence-electron chi connectivity index (χ1n) is 9.04. The minimum Gasteiger partial charge on any atom is -0.377 e. The zero-order chi connectivity index (χ0) is 21.0. The lowest BCUT2D eigenvalue weighted by Crippen LogP contribution is -2.31. The molecule has 0 aromatic heterocycles. The molecule has 9 nitrogen and oxygen atoms in total. The maximum atomic E-state index is 12.4. The van der Waals surface area contributed by atoms with E-state index in [1.54, 1.807) is 13.0 Å². The number of amides is 1. The van der Waals surface area contributed by atoms with Crippen molar-refractivity contribution >= 4 is 27.3 Å². The molecule has 0 saturated carbocycles. The number of anilines is 1. The third-order valence-corrected chi connectivity index (χ3v) is 6.14. The van der Waals surface area contributed by atoms with E-state index in [0.29, 0.717) is 17.9 Å². The second-order valence-corrected chi connectivity index (χ2v) is 8.44. The number of nitro groups is 1. The lowest BCUT2D eigenvalue weighted by atomic mass is 10.1. The molecule has 2 aromatic carbocycles. The van der Waals surface area contributed by atoms with Gasteiger partial charge in [-0.1, -0.05) is 6.07 Å². The minimum absolute atomic E-state index is 0.0403. The number of ether oxygens (including phenoxy) is 1. The molecule has 154 valence electrons. The van der Waals surface area contributed by atoms with Crippen molar-refractivity contribution in [3.8, 4) is 0 Å². The van der Waals surface area contributed by atoms with Crippen LogP contribution < -0.4 is 10.0 Å². The van der Waals surface area contributed by atoms with Crippen molar-refractivity contribution in [3.63, 3.8) is 0 Å². The summed E-state index contributed by atoms with van der Waals surface area (Å²) in [6.45, 7) is 2.39. The van der Waals surface area contributed by atoms with Gasteiger partial charge in [0, 0.05) is 24.8 Å². The summed E-state index contributed by atoms with van der Waals surface area (Å²) in [4.78, 5) is 23.0.